The SMILES string of the molecule is C=CCN(CC=C)c1ccc(N2C(=O)c3ccc4c5c(ccc(c35)C2=O)C(=O)N(c2ccc(C3=CCC=C3)cc2)C4=O)cc1. The first-order valence-electron chi connectivity index (χ1n) is 14.3. The summed E-state index contributed by atoms with van der Waals surface area (Å²) in [6.07, 6.45) is 10.7. The maximum absolute atomic E-state index is 13.8. The number of amides is 4. The molecule has 7 heteroatoms. The van der Waals surface area contributed by atoms with E-state index in [4.69, 9.17) is 0 Å². The maximum Gasteiger partial charge on any atom is 0.265 e. The predicted octanol–water partition coefficient (Wildman–Crippen LogP) is 6.96. The number of anilines is 3. The van der Waals surface area contributed by atoms with Gasteiger partial charge in [0.2, 0.25) is 0 Å². The number of hydrogen-bond acceptors (Lipinski definition) is 5. The molecule has 0 fully saturated rings. The van der Waals surface area contributed by atoms with Gasteiger partial charge in [-0.25, -0.2) is 9.80 Å². The Balaban J connectivity index is 1.26. The van der Waals surface area contributed by atoms with Crippen molar-refractivity contribution in [3.05, 3.63) is 144 Å². The highest BCUT2D eigenvalue weighted by Gasteiger charge is 2.40. The van der Waals surface area contributed by atoms with E-state index < -0.39 is 23.6 Å². The summed E-state index contributed by atoms with van der Waals surface area (Å²) in [6, 6.07) is 20.8. The Bertz CT molecular complexity index is 1920. The number of carbonyl (C=O) groups is 4. The highest BCUT2D eigenvalue weighted by molar-refractivity contribution is 6.42. The van der Waals surface area contributed by atoms with Gasteiger partial charge in [0.05, 0.1) is 11.4 Å². The van der Waals surface area contributed by atoms with E-state index in [0.29, 0.717) is 35.2 Å². The molecule has 3 aliphatic rings. The van der Waals surface area contributed by atoms with Crippen LogP contribution in [0.2, 0.25) is 0 Å². The minimum Gasteiger partial charge on any atom is -0.364 e. The fourth-order valence-corrected chi connectivity index (χ4v) is 6.23. The van der Waals surface area contributed by atoms with Crippen LogP contribution in [0, 0.1) is 0 Å². The molecule has 0 bridgehead atoms. The summed E-state index contributed by atoms with van der Waals surface area (Å²) >= 11 is 0. The number of imide groups is 2. The van der Waals surface area contributed by atoms with E-state index in [1.165, 1.54) is 0 Å². The lowest BCUT2D eigenvalue weighted by atomic mass is 9.85. The molecule has 0 saturated heterocycles. The molecule has 4 amide bonds. The average Bonchev–Trinajstić information content (AvgIpc) is 3.59. The Morgan fingerprint density at radius 2 is 1.05 bits per heavy atom. The van der Waals surface area contributed by atoms with Gasteiger partial charge in [0.1, 0.15) is 0 Å². The molecule has 0 N–H and O–H groups in total. The van der Waals surface area contributed by atoms with Crippen molar-refractivity contribution in [2.45, 2.75) is 6.42 Å². The minimum absolute atomic E-state index is 0.264. The van der Waals surface area contributed by atoms with Gasteiger partial charge in [-0.1, -0.05) is 42.5 Å². The number of nitrogens with zero attached hydrogens (tertiary/aromatic N) is 3. The summed E-state index contributed by atoms with van der Waals surface area (Å²) in [5.41, 5.74) is 4.94. The smallest absolute Gasteiger partial charge is 0.265 e. The number of carbonyl (C=O) groups excluding carboxylic acids is 4. The molecule has 0 spiro atoms. The van der Waals surface area contributed by atoms with Gasteiger partial charge in [-0.05, 0) is 78.2 Å². The molecule has 4 aromatic carbocycles. The molecule has 7 nitrogen and oxygen atoms in total. The lowest BCUT2D eigenvalue weighted by Crippen LogP contribution is -2.43. The fraction of sp³-hybridized carbons (Fsp3) is 0.0811. The van der Waals surface area contributed by atoms with E-state index in [9.17, 15) is 19.2 Å². The van der Waals surface area contributed by atoms with Crippen LogP contribution < -0.4 is 14.7 Å². The molecular weight excluding hydrogens is 550 g/mol. The van der Waals surface area contributed by atoms with Gasteiger partial charge in [-0.3, -0.25) is 19.2 Å². The van der Waals surface area contributed by atoms with Gasteiger partial charge in [-0.2, -0.15) is 0 Å². The Morgan fingerprint density at radius 3 is 1.43 bits per heavy atom. The van der Waals surface area contributed by atoms with Gasteiger partial charge in [0, 0.05) is 51.8 Å². The van der Waals surface area contributed by atoms with Crippen molar-refractivity contribution in [2.24, 2.45) is 0 Å². The molecule has 0 saturated carbocycles. The zero-order valence-electron chi connectivity index (χ0n) is 23.8. The van der Waals surface area contributed by atoms with Gasteiger partial charge in [0.25, 0.3) is 23.6 Å². The molecule has 214 valence electrons. The molecule has 2 heterocycles. The summed E-state index contributed by atoms with van der Waals surface area (Å²) in [5.74, 6) is -2.02. The Hall–Kier alpha value is -5.82. The average molecular weight is 578 g/mol. The third-order valence-electron chi connectivity index (χ3n) is 8.30. The van der Waals surface area contributed by atoms with Crippen LogP contribution >= 0.6 is 0 Å². The first kappa shape index (κ1) is 27.0. The van der Waals surface area contributed by atoms with E-state index in [0.717, 1.165) is 33.0 Å². The molecule has 0 aromatic heterocycles. The van der Waals surface area contributed by atoms with Crippen LogP contribution in [0.1, 0.15) is 53.4 Å². The van der Waals surface area contributed by atoms with Gasteiger partial charge in [0.15, 0.2) is 0 Å². The molecule has 7 rings (SSSR count). The third-order valence-corrected chi connectivity index (χ3v) is 8.30. The van der Waals surface area contributed by atoms with Crippen LogP contribution in [-0.4, -0.2) is 36.7 Å². The minimum atomic E-state index is -0.513. The Labute approximate surface area is 254 Å². The van der Waals surface area contributed by atoms with Gasteiger partial charge in [-0.15, -0.1) is 13.2 Å². The summed E-state index contributed by atoms with van der Waals surface area (Å²) in [4.78, 5) is 59.6. The number of allylic oxidation sites excluding steroid dienone is 4. The van der Waals surface area contributed by atoms with Gasteiger partial charge >= 0.3 is 0 Å². The first-order valence-corrected chi connectivity index (χ1v) is 14.3. The second kappa shape index (κ2) is 10.5. The normalized spacial score (nSPS) is 15.2. The lowest BCUT2D eigenvalue weighted by molar-refractivity contribution is 0.0873. The largest absolute Gasteiger partial charge is 0.364 e. The van der Waals surface area contributed by atoms with E-state index in [2.05, 4.69) is 30.2 Å². The van der Waals surface area contributed by atoms with Crippen molar-refractivity contribution < 1.29 is 19.2 Å². The standard InChI is InChI=1S/C37H27N3O4/c1-3-21-38(22-4-2)25-13-15-27(16-14-25)40-36(43)30-19-17-28-32-29(18-20-31(33(30)32)37(40)44)35(42)39(34(28)41)26-11-9-24(10-12-26)23-7-5-6-8-23/h3-5,7-20H,1-2,6,21-22H2. The quantitative estimate of drug-likeness (QED) is 0.167. The second-order valence-electron chi connectivity index (χ2n) is 10.8. The van der Waals surface area contributed by atoms with Crippen molar-refractivity contribution in [1.82, 2.24) is 0 Å². The topological polar surface area (TPSA) is 78.0 Å². The zero-order chi connectivity index (χ0) is 30.5. The first-order chi connectivity index (χ1) is 21.4. The highest BCUT2D eigenvalue weighted by atomic mass is 16.2. The number of hydrogen-bond donors (Lipinski definition) is 0. The second-order valence-corrected chi connectivity index (χ2v) is 10.8. The maximum atomic E-state index is 13.8. The molecule has 44 heavy (non-hydrogen) atoms. The summed E-state index contributed by atoms with van der Waals surface area (Å²) in [7, 11) is 0. The van der Waals surface area contributed by atoms with E-state index in [-0.39, 0.29) is 22.3 Å². The predicted molar refractivity (Wildman–Crippen MR) is 173 cm³/mol. The lowest BCUT2D eigenvalue weighted by Gasteiger charge is -2.32. The van der Waals surface area contributed by atoms with Crippen LogP contribution in [-0.2, 0) is 0 Å². The van der Waals surface area contributed by atoms with E-state index in [1.807, 2.05) is 30.3 Å². The van der Waals surface area contributed by atoms with Crippen molar-refractivity contribution >= 4 is 57.0 Å². The highest BCUT2D eigenvalue weighted by Crippen LogP contribution is 2.40. The molecule has 4 aromatic rings. The van der Waals surface area contributed by atoms with E-state index in [1.54, 1.807) is 60.7 Å². The molecular formula is C37H27N3O4. The van der Waals surface area contributed by atoms with Crippen molar-refractivity contribution in [3.8, 4) is 0 Å². The summed E-state index contributed by atoms with van der Waals surface area (Å²) in [6.45, 7) is 8.84. The zero-order valence-corrected chi connectivity index (χ0v) is 23.8. The number of rotatable bonds is 8. The fourth-order valence-electron chi connectivity index (χ4n) is 6.23. The Kier molecular flexibility index (Phi) is 6.43. The van der Waals surface area contributed by atoms with E-state index >= 15 is 0 Å². The monoisotopic (exact) mass is 577 g/mol. The molecule has 0 radical (unpaired) electrons. The van der Waals surface area contributed by atoms with Crippen LogP contribution in [0.5, 0.6) is 0 Å². The van der Waals surface area contributed by atoms with Crippen LogP contribution in [0.15, 0.2) is 116 Å². The third kappa shape index (κ3) is 4.05. The van der Waals surface area contributed by atoms with Crippen molar-refractivity contribution in [3.63, 3.8) is 0 Å². The molecule has 0 unspecified atom stereocenters. The van der Waals surface area contributed by atoms with Crippen LogP contribution in [0.4, 0.5) is 17.1 Å². The summed E-state index contributed by atoms with van der Waals surface area (Å²) < 4.78 is 0. The van der Waals surface area contributed by atoms with Crippen LogP contribution in [0.25, 0.3) is 16.3 Å². The summed E-state index contributed by atoms with van der Waals surface area (Å²) in [5, 5.41) is 0.674. The Morgan fingerprint density at radius 1 is 0.614 bits per heavy atom. The van der Waals surface area contributed by atoms with Crippen molar-refractivity contribution in [2.75, 3.05) is 27.8 Å². The number of benzene rings is 4. The van der Waals surface area contributed by atoms with Crippen LogP contribution in [0.3, 0.4) is 0 Å². The van der Waals surface area contributed by atoms with Gasteiger partial charge < -0.3 is 4.90 Å². The molecule has 2 aliphatic heterocycles. The molecule has 0 atom stereocenters. The molecule has 1 aliphatic carbocycles. The van der Waals surface area contributed by atoms with Crippen molar-refractivity contribution in [1.29, 1.82) is 0 Å².